The van der Waals surface area contributed by atoms with Gasteiger partial charge in [-0.25, -0.2) is 4.39 Å². The maximum absolute atomic E-state index is 14.0. The number of fused-ring (bicyclic) bond motifs is 4. The fourth-order valence-corrected chi connectivity index (χ4v) is 4.31. The van der Waals surface area contributed by atoms with Gasteiger partial charge >= 0.3 is 0 Å². The fourth-order valence-electron chi connectivity index (χ4n) is 4.31. The molecule has 31 heavy (non-hydrogen) atoms. The number of halogens is 1. The van der Waals surface area contributed by atoms with Crippen molar-refractivity contribution in [3.05, 3.63) is 93.6 Å². The molecular formula is C25H21FN2O3. The van der Waals surface area contributed by atoms with Crippen molar-refractivity contribution < 1.29 is 13.6 Å². The maximum atomic E-state index is 14.0. The predicted octanol–water partition coefficient (Wildman–Crippen LogP) is 4.19. The minimum Gasteiger partial charge on any atom is -0.450 e. The Kier molecular flexibility index (Phi) is 4.59. The quantitative estimate of drug-likeness (QED) is 0.468. The third-order valence-electron chi connectivity index (χ3n) is 5.81. The van der Waals surface area contributed by atoms with Gasteiger partial charge in [0, 0.05) is 18.5 Å². The van der Waals surface area contributed by atoms with Gasteiger partial charge in [-0.1, -0.05) is 42.5 Å². The number of carbonyl (C=O) groups excluding carboxylic acids is 1. The van der Waals surface area contributed by atoms with Crippen molar-refractivity contribution in [3.63, 3.8) is 0 Å². The molecule has 1 aliphatic heterocycles. The van der Waals surface area contributed by atoms with Gasteiger partial charge in [-0.3, -0.25) is 9.59 Å². The molecule has 0 radical (unpaired) electrons. The summed E-state index contributed by atoms with van der Waals surface area (Å²) in [6, 6.07) is 16.6. The van der Waals surface area contributed by atoms with E-state index in [0.717, 1.165) is 10.8 Å². The molecule has 0 unspecified atom stereocenters. The summed E-state index contributed by atoms with van der Waals surface area (Å²) in [4.78, 5) is 30.6. The standard InChI is InChI=1S/C25H21FN2O3/c1-27(2)12-13-28-21(16-7-5-8-17(26)14-16)20-22(29)19-11-10-15-6-3-4-9-18(15)23(19)31-24(20)25(28)30/h3-11,14,21H,12-13H2,1-2H3/t21-/m1/s1. The predicted molar refractivity (Wildman–Crippen MR) is 118 cm³/mol. The molecule has 0 N–H and O–H groups in total. The molecule has 0 aliphatic carbocycles. The summed E-state index contributed by atoms with van der Waals surface area (Å²) in [5, 5.41) is 2.12. The Bertz CT molecular complexity index is 1390. The summed E-state index contributed by atoms with van der Waals surface area (Å²) in [5.41, 5.74) is 0.982. The van der Waals surface area contributed by atoms with Crippen molar-refractivity contribution in [2.75, 3.05) is 27.2 Å². The van der Waals surface area contributed by atoms with Crippen LogP contribution in [0.25, 0.3) is 21.7 Å². The molecule has 156 valence electrons. The highest BCUT2D eigenvalue weighted by atomic mass is 19.1. The number of carbonyl (C=O) groups is 1. The monoisotopic (exact) mass is 416 g/mol. The molecule has 1 aromatic heterocycles. The minimum atomic E-state index is -0.690. The lowest BCUT2D eigenvalue weighted by atomic mass is 9.97. The first-order valence-corrected chi connectivity index (χ1v) is 10.2. The molecule has 0 bridgehead atoms. The highest BCUT2D eigenvalue weighted by molar-refractivity contribution is 6.06. The number of nitrogens with zero attached hydrogens (tertiary/aromatic N) is 2. The van der Waals surface area contributed by atoms with Gasteiger partial charge in [-0.05, 0) is 43.2 Å². The number of amides is 1. The number of hydrogen-bond acceptors (Lipinski definition) is 4. The number of benzene rings is 3. The summed E-state index contributed by atoms with van der Waals surface area (Å²) in [5.74, 6) is -0.720. The highest BCUT2D eigenvalue weighted by Crippen LogP contribution is 2.39. The first-order valence-electron chi connectivity index (χ1n) is 10.2. The second-order valence-corrected chi connectivity index (χ2v) is 8.10. The molecule has 0 saturated heterocycles. The minimum absolute atomic E-state index is 0.0434. The molecule has 4 aromatic rings. The van der Waals surface area contributed by atoms with E-state index >= 15 is 0 Å². The molecule has 1 aliphatic rings. The van der Waals surface area contributed by atoms with E-state index in [1.165, 1.54) is 12.1 Å². The zero-order valence-corrected chi connectivity index (χ0v) is 17.3. The maximum Gasteiger partial charge on any atom is 0.290 e. The summed E-state index contributed by atoms with van der Waals surface area (Å²) in [6.07, 6.45) is 0. The van der Waals surface area contributed by atoms with Crippen molar-refractivity contribution in [3.8, 4) is 0 Å². The number of likely N-dealkylation sites (N-methyl/N-ethyl adjacent to an activating group) is 1. The molecule has 3 aromatic carbocycles. The van der Waals surface area contributed by atoms with Crippen LogP contribution in [0.2, 0.25) is 0 Å². The lowest BCUT2D eigenvalue weighted by Gasteiger charge is -2.26. The van der Waals surface area contributed by atoms with Crippen molar-refractivity contribution in [2.24, 2.45) is 0 Å². The zero-order valence-electron chi connectivity index (χ0n) is 17.3. The lowest BCUT2D eigenvalue weighted by Crippen LogP contribution is -2.35. The smallest absolute Gasteiger partial charge is 0.290 e. The van der Waals surface area contributed by atoms with Crippen molar-refractivity contribution >= 4 is 27.6 Å². The Morgan fingerprint density at radius 3 is 2.58 bits per heavy atom. The Morgan fingerprint density at radius 2 is 1.81 bits per heavy atom. The van der Waals surface area contributed by atoms with Crippen molar-refractivity contribution in [2.45, 2.75) is 6.04 Å². The second kappa shape index (κ2) is 7.32. The van der Waals surface area contributed by atoms with E-state index in [9.17, 15) is 14.0 Å². The fraction of sp³-hybridized carbons (Fsp3) is 0.200. The van der Waals surface area contributed by atoms with E-state index in [2.05, 4.69) is 0 Å². The zero-order chi connectivity index (χ0) is 21.7. The summed E-state index contributed by atoms with van der Waals surface area (Å²) >= 11 is 0. The van der Waals surface area contributed by atoms with Gasteiger partial charge in [0.25, 0.3) is 5.91 Å². The molecule has 6 heteroatoms. The average molecular weight is 416 g/mol. The summed E-state index contributed by atoms with van der Waals surface area (Å²) < 4.78 is 20.2. The lowest BCUT2D eigenvalue weighted by molar-refractivity contribution is 0.0716. The molecule has 1 amide bonds. The van der Waals surface area contributed by atoms with Crippen molar-refractivity contribution in [1.29, 1.82) is 0 Å². The van der Waals surface area contributed by atoms with Gasteiger partial charge in [0.05, 0.1) is 17.0 Å². The van der Waals surface area contributed by atoms with Gasteiger partial charge in [-0.15, -0.1) is 0 Å². The van der Waals surface area contributed by atoms with Crippen LogP contribution in [0.15, 0.2) is 69.9 Å². The van der Waals surface area contributed by atoms with E-state index in [0.29, 0.717) is 29.6 Å². The van der Waals surface area contributed by atoms with Crippen LogP contribution in [-0.2, 0) is 0 Å². The SMILES string of the molecule is CN(C)CCN1C(=O)c2oc3c(ccc4ccccc43)c(=O)c2[C@H]1c1cccc(F)c1. The molecule has 5 rings (SSSR count). The van der Waals surface area contributed by atoms with Crippen LogP contribution < -0.4 is 5.43 Å². The third kappa shape index (κ3) is 3.11. The van der Waals surface area contributed by atoms with Crippen LogP contribution >= 0.6 is 0 Å². The number of hydrogen-bond donors (Lipinski definition) is 0. The Hall–Kier alpha value is -3.51. The normalized spacial score (nSPS) is 15.9. The van der Waals surface area contributed by atoms with E-state index in [1.807, 2.05) is 49.3 Å². The molecule has 0 saturated carbocycles. The van der Waals surface area contributed by atoms with Gasteiger partial charge < -0.3 is 14.2 Å². The van der Waals surface area contributed by atoms with Crippen LogP contribution in [0, 0.1) is 5.82 Å². The Morgan fingerprint density at radius 1 is 1.00 bits per heavy atom. The summed E-state index contributed by atoms with van der Waals surface area (Å²) in [6.45, 7) is 0.982. The van der Waals surface area contributed by atoms with E-state index in [-0.39, 0.29) is 22.7 Å². The van der Waals surface area contributed by atoms with Gasteiger partial charge in [0.15, 0.2) is 5.43 Å². The van der Waals surface area contributed by atoms with E-state index in [1.54, 1.807) is 23.1 Å². The largest absolute Gasteiger partial charge is 0.450 e. The van der Waals surface area contributed by atoms with Gasteiger partial charge in [0.1, 0.15) is 11.4 Å². The molecule has 2 heterocycles. The molecule has 5 nitrogen and oxygen atoms in total. The van der Waals surface area contributed by atoms with Crippen molar-refractivity contribution in [1.82, 2.24) is 9.80 Å². The second-order valence-electron chi connectivity index (χ2n) is 8.10. The van der Waals surface area contributed by atoms with Crippen LogP contribution in [0.4, 0.5) is 4.39 Å². The topological polar surface area (TPSA) is 53.8 Å². The molecule has 0 fully saturated rings. The Balaban J connectivity index is 1.79. The Labute approximate surface area is 178 Å². The van der Waals surface area contributed by atoms with Crippen LogP contribution in [0.5, 0.6) is 0 Å². The van der Waals surface area contributed by atoms with E-state index < -0.39 is 11.9 Å². The first-order chi connectivity index (χ1) is 15.0. The van der Waals surface area contributed by atoms with Crippen LogP contribution in [0.3, 0.4) is 0 Å². The number of rotatable bonds is 4. The third-order valence-corrected chi connectivity index (χ3v) is 5.81. The molecular weight excluding hydrogens is 395 g/mol. The molecule has 1 atom stereocenters. The average Bonchev–Trinajstić information content (AvgIpc) is 3.04. The first kappa shape index (κ1) is 19.5. The summed E-state index contributed by atoms with van der Waals surface area (Å²) in [7, 11) is 3.82. The van der Waals surface area contributed by atoms with Gasteiger partial charge in [-0.2, -0.15) is 0 Å². The highest BCUT2D eigenvalue weighted by Gasteiger charge is 2.42. The van der Waals surface area contributed by atoms with E-state index in [4.69, 9.17) is 4.42 Å². The van der Waals surface area contributed by atoms with Crippen LogP contribution in [0.1, 0.15) is 27.7 Å². The molecule has 0 spiro atoms. The van der Waals surface area contributed by atoms with Crippen LogP contribution in [-0.4, -0.2) is 42.9 Å². The van der Waals surface area contributed by atoms with Gasteiger partial charge in [0.2, 0.25) is 5.76 Å².